The fourth-order valence-electron chi connectivity index (χ4n) is 1.27. The van der Waals surface area contributed by atoms with Crippen LogP contribution in [0.2, 0.25) is 0 Å². The van der Waals surface area contributed by atoms with Crippen LogP contribution in [-0.4, -0.2) is 19.1 Å². The van der Waals surface area contributed by atoms with Crippen molar-refractivity contribution in [1.82, 2.24) is 0 Å². The zero-order valence-corrected chi connectivity index (χ0v) is 9.27. The van der Waals surface area contributed by atoms with Crippen LogP contribution in [0.4, 0.5) is 5.69 Å². The first-order chi connectivity index (χ1) is 7.05. The largest absolute Gasteiger partial charge is 0.374 e. The molecule has 0 fully saturated rings. The monoisotopic (exact) mass is 203 g/mol. The number of nitrogens with two attached hydrogens (primary N) is 1. The van der Waals surface area contributed by atoms with E-state index in [4.69, 9.17) is 11.0 Å². The van der Waals surface area contributed by atoms with Gasteiger partial charge in [0.1, 0.15) is 5.54 Å². The average Bonchev–Trinajstić information content (AvgIpc) is 2.27. The van der Waals surface area contributed by atoms with Crippen molar-refractivity contribution >= 4 is 5.69 Å². The molecule has 2 N–H and O–H groups in total. The molecule has 1 unspecified atom stereocenters. The van der Waals surface area contributed by atoms with E-state index in [9.17, 15) is 0 Å². The van der Waals surface area contributed by atoms with E-state index < -0.39 is 5.54 Å². The van der Waals surface area contributed by atoms with Crippen LogP contribution in [0.5, 0.6) is 0 Å². The third-order valence-corrected chi connectivity index (χ3v) is 2.42. The summed E-state index contributed by atoms with van der Waals surface area (Å²) in [5.74, 6) is 0. The maximum atomic E-state index is 8.78. The topological polar surface area (TPSA) is 53.0 Å². The Morgan fingerprint density at radius 2 is 2.00 bits per heavy atom. The predicted molar refractivity (Wildman–Crippen MR) is 62.5 cm³/mol. The molecule has 0 amide bonds. The van der Waals surface area contributed by atoms with E-state index in [1.807, 2.05) is 37.4 Å². The lowest BCUT2D eigenvalue weighted by molar-refractivity contribution is 0.547. The molecule has 0 saturated heterocycles. The van der Waals surface area contributed by atoms with Crippen molar-refractivity contribution in [3.63, 3.8) is 0 Å². The molecule has 0 radical (unpaired) electrons. The van der Waals surface area contributed by atoms with Crippen LogP contribution in [-0.2, 0) is 0 Å². The summed E-state index contributed by atoms with van der Waals surface area (Å²) in [4.78, 5) is 2.10. The Kier molecular flexibility index (Phi) is 3.70. The Morgan fingerprint density at radius 1 is 1.40 bits per heavy atom. The lowest BCUT2D eigenvalue weighted by Crippen LogP contribution is -2.38. The van der Waals surface area contributed by atoms with Crippen LogP contribution < -0.4 is 10.6 Å². The summed E-state index contributed by atoms with van der Waals surface area (Å²) in [6, 6.07) is 12.2. The number of nitrogens with zero attached hydrogens (tertiary/aromatic N) is 2. The van der Waals surface area contributed by atoms with Crippen LogP contribution in [0.15, 0.2) is 30.3 Å². The standard InChI is InChI=1S/C12H17N3/c1-12(14,10-13)8-9-15(2)11-6-4-3-5-7-11/h3-7H,8-9,14H2,1-2H3. The van der Waals surface area contributed by atoms with Crippen LogP contribution in [0, 0.1) is 11.3 Å². The third-order valence-electron chi connectivity index (χ3n) is 2.42. The van der Waals surface area contributed by atoms with Crippen LogP contribution in [0.1, 0.15) is 13.3 Å². The number of benzene rings is 1. The van der Waals surface area contributed by atoms with Crippen LogP contribution >= 0.6 is 0 Å². The molecule has 1 aromatic rings. The Hall–Kier alpha value is -1.53. The van der Waals surface area contributed by atoms with Crippen molar-refractivity contribution in [1.29, 1.82) is 5.26 Å². The number of hydrogen-bond donors (Lipinski definition) is 1. The summed E-state index contributed by atoms with van der Waals surface area (Å²) in [6.45, 7) is 2.54. The minimum absolute atomic E-state index is 0.662. The molecule has 0 aliphatic heterocycles. The molecule has 3 heteroatoms. The Labute approximate surface area is 91.1 Å². The molecular formula is C12H17N3. The summed E-state index contributed by atoms with van der Waals surface area (Å²) < 4.78 is 0. The highest BCUT2D eigenvalue weighted by Gasteiger charge is 2.17. The minimum atomic E-state index is -0.733. The van der Waals surface area contributed by atoms with Crippen LogP contribution in [0.3, 0.4) is 0 Å². The molecule has 0 spiro atoms. The van der Waals surface area contributed by atoms with Gasteiger partial charge in [0.15, 0.2) is 0 Å². The van der Waals surface area contributed by atoms with Gasteiger partial charge in [0.05, 0.1) is 6.07 Å². The van der Waals surface area contributed by atoms with E-state index in [2.05, 4.69) is 11.0 Å². The average molecular weight is 203 g/mol. The Balaban J connectivity index is 2.52. The maximum Gasteiger partial charge on any atom is 0.103 e. The lowest BCUT2D eigenvalue weighted by atomic mass is 10.0. The van der Waals surface area contributed by atoms with Gasteiger partial charge in [-0.05, 0) is 25.5 Å². The molecule has 1 rings (SSSR count). The van der Waals surface area contributed by atoms with Gasteiger partial charge >= 0.3 is 0 Å². The Bertz CT molecular complexity index is 338. The first kappa shape index (κ1) is 11.5. The highest BCUT2D eigenvalue weighted by atomic mass is 15.1. The van der Waals surface area contributed by atoms with Crippen molar-refractivity contribution in [2.45, 2.75) is 18.9 Å². The summed E-state index contributed by atoms with van der Waals surface area (Å²) in [5.41, 5.74) is 6.17. The smallest absolute Gasteiger partial charge is 0.103 e. The van der Waals surface area contributed by atoms with E-state index in [0.29, 0.717) is 6.42 Å². The second-order valence-corrected chi connectivity index (χ2v) is 4.04. The Morgan fingerprint density at radius 3 is 2.53 bits per heavy atom. The van der Waals surface area contributed by atoms with Gasteiger partial charge in [0.2, 0.25) is 0 Å². The van der Waals surface area contributed by atoms with E-state index in [1.165, 1.54) is 0 Å². The number of hydrogen-bond acceptors (Lipinski definition) is 3. The van der Waals surface area contributed by atoms with E-state index in [0.717, 1.165) is 12.2 Å². The highest BCUT2D eigenvalue weighted by molar-refractivity contribution is 5.44. The molecule has 0 aromatic heterocycles. The third kappa shape index (κ3) is 3.61. The predicted octanol–water partition coefficient (Wildman–Crippen LogP) is 1.75. The van der Waals surface area contributed by atoms with Crippen molar-refractivity contribution in [3.05, 3.63) is 30.3 Å². The summed E-state index contributed by atoms with van der Waals surface area (Å²) in [7, 11) is 2.00. The first-order valence-corrected chi connectivity index (χ1v) is 5.01. The molecule has 1 atom stereocenters. The minimum Gasteiger partial charge on any atom is -0.374 e. The molecule has 1 aromatic carbocycles. The van der Waals surface area contributed by atoms with E-state index >= 15 is 0 Å². The van der Waals surface area contributed by atoms with Gasteiger partial charge in [-0.2, -0.15) is 5.26 Å². The van der Waals surface area contributed by atoms with Gasteiger partial charge in [-0.3, -0.25) is 0 Å². The van der Waals surface area contributed by atoms with E-state index in [-0.39, 0.29) is 0 Å². The van der Waals surface area contributed by atoms with Gasteiger partial charge in [0.25, 0.3) is 0 Å². The lowest BCUT2D eigenvalue weighted by Gasteiger charge is -2.23. The van der Waals surface area contributed by atoms with Gasteiger partial charge in [-0.25, -0.2) is 0 Å². The quantitative estimate of drug-likeness (QED) is 0.811. The fraction of sp³-hybridized carbons (Fsp3) is 0.417. The van der Waals surface area contributed by atoms with Gasteiger partial charge in [0, 0.05) is 19.3 Å². The molecule has 0 bridgehead atoms. The maximum absolute atomic E-state index is 8.78. The van der Waals surface area contributed by atoms with Gasteiger partial charge in [-0.1, -0.05) is 18.2 Å². The normalized spacial score (nSPS) is 14.0. The van der Waals surface area contributed by atoms with Crippen LogP contribution in [0.25, 0.3) is 0 Å². The number of para-hydroxylation sites is 1. The molecule has 0 aliphatic carbocycles. The number of anilines is 1. The summed E-state index contributed by atoms with van der Waals surface area (Å²) >= 11 is 0. The number of rotatable bonds is 4. The van der Waals surface area contributed by atoms with Gasteiger partial charge < -0.3 is 10.6 Å². The van der Waals surface area contributed by atoms with Crippen molar-refractivity contribution in [2.75, 3.05) is 18.5 Å². The molecular weight excluding hydrogens is 186 g/mol. The first-order valence-electron chi connectivity index (χ1n) is 5.01. The highest BCUT2D eigenvalue weighted by Crippen LogP contribution is 2.13. The fourth-order valence-corrected chi connectivity index (χ4v) is 1.27. The zero-order valence-electron chi connectivity index (χ0n) is 9.27. The summed E-state index contributed by atoms with van der Waals surface area (Å²) in [5, 5.41) is 8.78. The number of nitriles is 1. The molecule has 15 heavy (non-hydrogen) atoms. The van der Waals surface area contributed by atoms with Gasteiger partial charge in [-0.15, -0.1) is 0 Å². The molecule has 0 aliphatic rings. The molecule has 0 saturated carbocycles. The molecule has 80 valence electrons. The van der Waals surface area contributed by atoms with Crippen molar-refractivity contribution < 1.29 is 0 Å². The molecule has 3 nitrogen and oxygen atoms in total. The zero-order chi connectivity index (χ0) is 11.3. The second-order valence-electron chi connectivity index (χ2n) is 4.04. The SMILES string of the molecule is CN(CCC(C)(N)C#N)c1ccccc1. The van der Waals surface area contributed by atoms with Crippen molar-refractivity contribution in [2.24, 2.45) is 5.73 Å². The second kappa shape index (κ2) is 4.81. The summed E-state index contributed by atoms with van der Waals surface area (Å²) in [6.07, 6.45) is 0.662. The van der Waals surface area contributed by atoms with Crippen molar-refractivity contribution in [3.8, 4) is 6.07 Å². The molecule has 0 heterocycles. The van der Waals surface area contributed by atoms with E-state index in [1.54, 1.807) is 6.92 Å².